The van der Waals surface area contributed by atoms with Crippen molar-refractivity contribution in [1.29, 1.82) is 0 Å². The topological polar surface area (TPSA) is 61.9 Å². The molecule has 190 valence electrons. The van der Waals surface area contributed by atoms with E-state index in [4.69, 9.17) is 16.3 Å². The quantitative estimate of drug-likeness (QED) is 0.189. The van der Waals surface area contributed by atoms with Crippen molar-refractivity contribution in [2.24, 2.45) is 7.05 Å². The summed E-state index contributed by atoms with van der Waals surface area (Å²) in [4.78, 5) is 12.0. The normalized spacial score (nSPS) is 11.3. The number of hydrogen-bond donors (Lipinski definition) is 0. The van der Waals surface area contributed by atoms with E-state index in [1.165, 1.54) is 0 Å². The van der Waals surface area contributed by atoms with E-state index in [9.17, 15) is 22.4 Å². The van der Waals surface area contributed by atoms with Gasteiger partial charge in [0.15, 0.2) is 5.69 Å². The number of aromatic nitrogens is 4. The van der Waals surface area contributed by atoms with E-state index in [1.54, 1.807) is 20.0 Å². The van der Waals surface area contributed by atoms with Gasteiger partial charge in [0.1, 0.15) is 11.5 Å². The lowest BCUT2D eigenvalue weighted by Crippen LogP contribution is -2.12. The summed E-state index contributed by atoms with van der Waals surface area (Å²) in [5.74, 6) is -1.73. The largest absolute Gasteiger partial charge is 0.459 e. The lowest BCUT2D eigenvalue weighted by Gasteiger charge is -2.11. The predicted octanol–water partition coefficient (Wildman–Crippen LogP) is 7.10. The smallest absolute Gasteiger partial charge is 0.434 e. The van der Waals surface area contributed by atoms with Crippen molar-refractivity contribution in [2.45, 2.75) is 26.1 Å². The molecule has 4 rings (SSSR count). The average molecular weight is 588 g/mol. The first-order valence-electron chi connectivity index (χ1n) is 10.4. The summed E-state index contributed by atoms with van der Waals surface area (Å²) in [7, 11) is 1.08. The Balaban J connectivity index is 0.000000270. The third-order valence-corrected chi connectivity index (χ3v) is 5.72. The minimum atomic E-state index is -4.69. The number of aryl methyl sites for hydroxylation is 1. The molecule has 36 heavy (non-hydrogen) atoms. The van der Waals surface area contributed by atoms with E-state index >= 15 is 0 Å². The average Bonchev–Trinajstić information content (AvgIpc) is 3.42. The van der Waals surface area contributed by atoms with E-state index in [1.807, 2.05) is 47.3 Å². The molecule has 0 saturated heterocycles. The lowest BCUT2D eigenvalue weighted by atomic mass is 10.1. The summed E-state index contributed by atoms with van der Waals surface area (Å²) in [6.45, 7) is 3.22. The number of nitrogens with zero attached hydrogens (tertiary/aromatic N) is 4. The molecule has 0 fully saturated rings. The van der Waals surface area contributed by atoms with Crippen LogP contribution in [0.3, 0.4) is 0 Å². The maximum Gasteiger partial charge on any atom is 0.434 e. The molecule has 0 N–H and O–H groups in total. The number of carbonyl (C=O) groups excluding carboxylic acids is 1. The van der Waals surface area contributed by atoms with Gasteiger partial charge in [0.05, 0.1) is 26.9 Å². The number of ether oxygens (including phenoxy) is 1. The Hall–Kier alpha value is -3.18. The molecule has 0 bridgehead atoms. The van der Waals surface area contributed by atoms with Gasteiger partial charge in [-0.1, -0.05) is 29.8 Å². The molecule has 0 amide bonds. The number of hydrogen-bond acceptors (Lipinski definition) is 4. The van der Waals surface area contributed by atoms with Gasteiger partial charge in [-0.05, 0) is 60.1 Å². The summed E-state index contributed by atoms with van der Waals surface area (Å²) in [6.07, 6.45) is -1.45. The Morgan fingerprint density at radius 3 is 2.33 bits per heavy atom. The molecule has 0 aliphatic heterocycles. The molecule has 0 radical (unpaired) electrons. The van der Waals surface area contributed by atoms with Gasteiger partial charge in [0.2, 0.25) is 0 Å². The number of halogens is 6. The van der Waals surface area contributed by atoms with E-state index in [0.717, 1.165) is 24.9 Å². The fourth-order valence-corrected chi connectivity index (χ4v) is 4.15. The summed E-state index contributed by atoms with van der Waals surface area (Å²) >= 11 is 8.67. The molecule has 2 aromatic carbocycles. The first-order chi connectivity index (χ1) is 16.9. The van der Waals surface area contributed by atoms with Crippen LogP contribution in [0.15, 0.2) is 65.4 Å². The number of carbonyl (C=O) groups is 1. The van der Waals surface area contributed by atoms with Gasteiger partial charge in [0.25, 0.3) is 0 Å². The molecular formula is C24H20BrClF4N4O2. The van der Waals surface area contributed by atoms with Crippen molar-refractivity contribution in [3.8, 4) is 16.9 Å². The Kier molecular flexibility index (Phi) is 8.57. The molecule has 0 atom stereocenters. The lowest BCUT2D eigenvalue weighted by molar-refractivity contribution is -0.144. The number of para-hydroxylation sites is 1. The standard InChI is InChI=1S/C15H12BrClF4N2O2.C9H8N2/c1-6(2)25-14(24)7-4-8(10(18)5-9(7)17)12-11(16)13(15(19,20)21)23(3)22-12;1-2-5-9(6-3-1)11-8-4-7-10-11/h4-6H,1-3H3;1-8H. The van der Waals surface area contributed by atoms with Gasteiger partial charge < -0.3 is 4.74 Å². The highest BCUT2D eigenvalue weighted by Crippen LogP contribution is 2.41. The van der Waals surface area contributed by atoms with Gasteiger partial charge in [-0.25, -0.2) is 13.9 Å². The second-order valence-corrected chi connectivity index (χ2v) is 8.88. The van der Waals surface area contributed by atoms with Crippen LogP contribution in [0.25, 0.3) is 16.9 Å². The zero-order valence-corrected chi connectivity index (χ0v) is 21.6. The number of esters is 1. The van der Waals surface area contributed by atoms with Crippen LogP contribution in [-0.4, -0.2) is 31.6 Å². The molecule has 0 spiro atoms. The predicted molar refractivity (Wildman–Crippen MR) is 130 cm³/mol. The molecule has 0 aliphatic carbocycles. The van der Waals surface area contributed by atoms with Crippen LogP contribution in [0.1, 0.15) is 29.9 Å². The number of rotatable bonds is 4. The molecule has 12 heteroatoms. The third kappa shape index (κ3) is 6.33. The first kappa shape index (κ1) is 27.4. The maximum absolute atomic E-state index is 14.3. The summed E-state index contributed by atoms with van der Waals surface area (Å²) in [5, 5.41) is 7.60. The van der Waals surface area contributed by atoms with Gasteiger partial charge in [-0.15, -0.1) is 0 Å². The van der Waals surface area contributed by atoms with Gasteiger partial charge in [-0.3, -0.25) is 4.68 Å². The zero-order valence-electron chi connectivity index (χ0n) is 19.2. The number of benzene rings is 2. The highest BCUT2D eigenvalue weighted by molar-refractivity contribution is 9.10. The van der Waals surface area contributed by atoms with Crippen LogP contribution < -0.4 is 0 Å². The molecular weight excluding hydrogens is 568 g/mol. The minimum absolute atomic E-state index is 0.169. The van der Waals surface area contributed by atoms with Crippen LogP contribution in [0.5, 0.6) is 0 Å². The molecule has 2 aromatic heterocycles. The van der Waals surface area contributed by atoms with Crippen molar-refractivity contribution in [3.63, 3.8) is 0 Å². The molecule has 0 aliphatic rings. The third-order valence-electron chi connectivity index (χ3n) is 4.66. The molecule has 6 nitrogen and oxygen atoms in total. The maximum atomic E-state index is 14.3. The second kappa shape index (κ2) is 11.3. The molecule has 2 heterocycles. The highest BCUT2D eigenvalue weighted by Gasteiger charge is 2.39. The van der Waals surface area contributed by atoms with Crippen LogP contribution in [0.2, 0.25) is 5.02 Å². The van der Waals surface area contributed by atoms with Crippen molar-refractivity contribution >= 4 is 33.5 Å². The van der Waals surface area contributed by atoms with E-state index in [0.29, 0.717) is 4.68 Å². The minimum Gasteiger partial charge on any atom is -0.459 e. The van der Waals surface area contributed by atoms with Crippen LogP contribution in [-0.2, 0) is 18.0 Å². The summed E-state index contributed by atoms with van der Waals surface area (Å²) in [6, 6.07) is 13.8. The van der Waals surface area contributed by atoms with Crippen molar-refractivity contribution in [3.05, 3.63) is 87.5 Å². The van der Waals surface area contributed by atoms with Crippen LogP contribution in [0.4, 0.5) is 17.6 Å². The highest BCUT2D eigenvalue weighted by atomic mass is 79.9. The number of alkyl halides is 3. The van der Waals surface area contributed by atoms with Gasteiger partial charge in [0, 0.05) is 25.0 Å². The monoisotopic (exact) mass is 586 g/mol. The molecule has 0 unspecified atom stereocenters. The van der Waals surface area contributed by atoms with E-state index in [2.05, 4.69) is 26.1 Å². The summed E-state index contributed by atoms with van der Waals surface area (Å²) in [5.41, 5.74) is -0.765. The Labute approximate surface area is 217 Å². The first-order valence-corrected chi connectivity index (χ1v) is 11.6. The zero-order chi connectivity index (χ0) is 26.6. The SMILES string of the molecule is CC(C)OC(=O)c1cc(-c2nn(C)c(C(F)(F)F)c2Br)c(F)cc1Cl.c1ccc(-n2cccn2)cc1. The van der Waals surface area contributed by atoms with E-state index in [-0.39, 0.29) is 21.8 Å². The fourth-order valence-electron chi connectivity index (χ4n) is 3.14. The van der Waals surface area contributed by atoms with E-state index < -0.39 is 34.2 Å². The van der Waals surface area contributed by atoms with Crippen LogP contribution >= 0.6 is 27.5 Å². The molecule has 4 aromatic rings. The Morgan fingerprint density at radius 1 is 1.14 bits per heavy atom. The Morgan fingerprint density at radius 2 is 1.81 bits per heavy atom. The molecule has 0 saturated carbocycles. The van der Waals surface area contributed by atoms with Gasteiger partial charge in [-0.2, -0.15) is 23.4 Å². The van der Waals surface area contributed by atoms with Gasteiger partial charge >= 0.3 is 12.1 Å². The van der Waals surface area contributed by atoms with Crippen LogP contribution in [0, 0.1) is 5.82 Å². The Bertz CT molecular complexity index is 1340. The fraction of sp³-hybridized carbons (Fsp3) is 0.208. The van der Waals surface area contributed by atoms with Crippen molar-refractivity contribution in [2.75, 3.05) is 0 Å². The van der Waals surface area contributed by atoms with Crippen molar-refractivity contribution in [1.82, 2.24) is 19.6 Å². The van der Waals surface area contributed by atoms with Crippen molar-refractivity contribution < 1.29 is 27.1 Å². The summed E-state index contributed by atoms with van der Waals surface area (Å²) < 4.78 is 60.5. The second-order valence-electron chi connectivity index (χ2n) is 7.68.